The summed E-state index contributed by atoms with van der Waals surface area (Å²) in [6, 6.07) is 19.6. The van der Waals surface area contributed by atoms with E-state index in [0.717, 1.165) is 40.1 Å². The number of aryl methyl sites for hydroxylation is 1. The summed E-state index contributed by atoms with van der Waals surface area (Å²) < 4.78 is 13.2. The molecule has 4 rings (SSSR count). The van der Waals surface area contributed by atoms with Gasteiger partial charge in [0.1, 0.15) is 12.4 Å². The van der Waals surface area contributed by atoms with E-state index in [1.807, 2.05) is 48.5 Å². The molecule has 0 spiro atoms. The topological polar surface area (TPSA) is 81.2 Å². The number of aromatic amines is 1. The zero-order chi connectivity index (χ0) is 20.9. The number of amides is 1. The Morgan fingerprint density at radius 2 is 1.97 bits per heavy atom. The van der Waals surface area contributed by atoms with E-state index >= 15 is 0 Å². The SMILES string of the molecule is CCn1c(-c2cc(NC(=O)COCc3ccccc3)n[nH]2)cc2c(OC)cccc21. The molecule has 0 aliphatic carbocycles. The van der Waals surface area contributed by atoms with E-state index in [0.29, 0.717) is 12.4 Å². The van der Waals surface area contributed by atoms with Gasteiger partial charge in [0.05, 0.1) is 30.6 Å². The fourth-order valence-corrected chi connectivity index (χ4v) is 3.53. The number of rotatable bonds is 8. The Labute approximate surface area is 174 Å². The number of methoxy groups -OCH3 is 1. The molecule has 0 atom stereocenters. The first-order valence-corrected chi connectivity index (χ1v) is 9.83. The van der Waals surface area contributed by atoms with Crippen LogP contribution in [-0.2, 0) is 22.7 Å². The van der Waals surface area contributed by atoms with Gasteiger partial charge >= 0.3 is 0 Å². The first kappa shape index (κ1) is 19.7. The number of benzene rings is 2. The zero-order valence-electron chi connectivity index (χ0n) is 17.0. The van der Waals surface area contributed by atoms with E-state index in [2.05, 4.69) is 39.1 Å². The summed E-state index contributed by atoms with van der Waals surface area (Å²) in [7, 11) is 1.67. The minimum Gasteiger partial charge on any atom is -0.496 e. The lowest BCUT2D eigenvalue weighted by Crippen LogP contribution is -2.18. The first-order valence-electron chi connectivity index (χ1n) is 9.83. The molecular formula is C23H24N4O3. The van der Waals surface area contributed by atoms with Gasteiger partial charge in [0.25, 0.3) is 5.91 Å². The van der Waals surface area contributed by atoms with Gasteiger partial charge in [-0.1, -0.05) is 36.4 Å². The Kier molecular flexibility index (Phi) is 5.81. The third kappa shape index (κ3) is 4.06. The van der Waals surface area contributed by atoms with E-state index in [1.165, 1.54) is 0 Å². The molecule has 2 aromatic heterocycles. The predicted molar refractivity (Wildman–Crippen MR) is 116 cm³/mol. The predicted octanol–water partition coefficient (Wildman–Crippen LogP) is 4.22. The number of hydrogen-bond acceptors (Lipinski definition) is 4. The number of aromatic nitrogens is 3. The second kappa shape index (κ2) is 8.84. The van der Waals surface area contributed by atoms with Gasteiger partial charge in [-0.25, -0.2) is 0 Å². The molecule has 0 saturated carbocycles. The van der Waals surface area contributed by atoms with E-state index in [4.69, 9.17) is 9.47 Å². The number of anilines is 1. The van der Waals surface area contributed by atoms with Crippen LogP contribution in [-0.4, -0.2) is 34.4 Å². The van der Waals surface area contributed by atoms with Crippen LogP contribution in [0.15, 0.2) is 60.7 Å². The molecule has 0 fully saturated rings. The van der Waals surface area contributed by atoms with Crippen molar-refractivity contribution in [2.45, 2.75) is 20.1 Å². The molecule has 4 aromatic rings. The van der Waals surface area contributed by atoms with Crippen molar-refractivity contribution in [1.29, 1.82) is 0 Å². The summed E-state index contributed by atoms with van der Waals surface area (Å²) in [6.45, 7) is 3.23. The molecule has 0 bridgehead atoms. The lowest BCUT2D eigenvalue weighted by Gasteiger charge is -2.06. The van der Waals surface area contributed by atoms with Crippen LogP contribution in [0.3, 0.4) is 0 Å². The Morgan fingerprint density at radius 1 is 1.13 bits per heavy atom. The highest BCUT2D eigenvalue weighted by Crippen LogP contribution is 2.33. The summed E-state index contributed by atoms with van der Waals surface area (Å²) in [5.74, 6) is 1.03. The molecule has 2 aromatic carbocycles. The third-order valence-corrected chi connectivity index (χ3v) is 4.91. The maximum atomic E-state index is 12.2. The summed E-state index contributed by atoms with van der Waals surface area (Å²) in [6.07, 6.45) is 0. The fraction of sp³-hybridized carbons (Fsp3) is 0.217. The standard InChI is InChI=1S/C23H24N4O3/c1-3-27-19-10-7-11-21(29-2)17(19)12-20(27)18-13-22(26-25-18)24-23(28)15-30-14-16-8-5-4-6-9-16/h4-13H,3,14-15H2,1-2H3,(H2,24,25,26,28). The average Bonchev–Trinajstić information content (AvgIpc) is 3.38. The minimum atomic E-state index is -0.248. The van der Waals surface area contributed by atoms with Crippen molar-refractivity contribution in [3.05, 3.63) is 66.2 Å². The second-order valence-corrected chi connectivity index (χ2v) is 6.86. The molecule has 7 heteroatoms. The van der Waals surface area contributed by atoms with Crippen LogP contribution < -0.4 is 10.1 Å². The quantitative estimate of drug-likeness (QED) is 0.461. The molecular weight excluding hydrogens is 380 g/mol. The Balaban J connectivity index is 1.45. The highest BCUT2D eigenvalue weighted by molar-refractivity contribution is 5.93. The van der Waals surface area contributed by atoms with E-state index in [9.17, 15) is 4.79 Å². The number of nitrogens with one attached hydrogen (secondary N) is 2. The summed E-state index contributed by atoms with van der Waals surface area (Å²) in [4.78, 5) is 12.2. The van der Waals surface area contributed by atoms with Gasteiger partial charge in [-0.05, 0) is 30.7 Å². The van der Waals surface area contributed by atoms with Crippen molar-refractivity contribution >= 4 is 22.6 Å². The Hall–Kier alpha value is -3.58. The molecule has 0 saturated heterocycles. The van der Waals surface area contributed by atoms with Crippen LogP contribution in [0.2, 0.25) is 0 Å². The molecule has 1 amide bonds. The molecule has 0 radical (unpaired) electrons. The third-order valence-electron chi connectivity index (χ3n) is 4.91. The van der Waals surface area contributed by atoms with Crippen LogP contribution in [0, 0.1) is 0 Å². The van der Waals surface area contributed by atoms with Crippen molar-refractivity contribution in [3.63, 3.8) is 0 Å². The Bertz CT molecular complexity index is 1150. The number of hydrogen-bond donors (Lipinski definition) is 2. The van der Waals surface area contributed by atoms with Gasteiger partial charge < -0.3 is 19.4 Å². The lowest BCUT2D eigenvalue weighted by molar-refractivity contribution is -0.121. The van der Waals surface area contributed by atoms with Gasteiger partial charge in [0, 0.05) is 18.0 Å². The number of ether oxygens (including phenoxy) is 2. The summed E-state index contributed by atoms with van der Waals surface area (Å²) in [5, 5.41) is 11.1. The highest BCUT2D eigenvalue weighted by Gasteiger charge is 2.15. The van der Waals surface area contributed by atoms with Crippen LogP contribution in [0.25, 0.3) is 22.3 Å². The molecule has 7 nitrogen and oxygen atoms in total. The Morgan fingerprint density at radius 3 is 2.73 bits per heavy atom. The largest absolute Gasteiger partial charge is 0.496 e. The van der Waals surface area contributed by atoms with Crippen LogP contribution in [0.4, 0.5) is 5.82 Å². The minimum absolute atomic E-state index is 0.0382. The first-order chi connectivity index (χ1) is 14.7. The summed E-state index contributed by atoms with van der Waals surface area (Å²) >= 11 is 0. The smallest absolute Gasteiger partial charge is 0.251 e. The number of nitrogens with zero attached hydrogens (tertiary/aromatic N) is 2. The fourth-order valence-electron chi connectivity index (χ4n) is 3.53. The molecule has 154 valence electrons. The van der Waals surface area contributed by atoms with E-state index in [1.54, 1.807) is 7.11 Å². The highest BCUT2D eigenvalue weighted by atomic mass is 16.5. The van der Waals surface area contributed by atoms with Crippen molar-refractivity contribution in [3.8, 4) is 17.1 Å². The monoisotopic (exact) mass is 404 g/mol. The van der Waals surface area contributed by atoms with Crippen molar-refractivity contribution in [2.75, 3.05) is 19.0 Å². The van der Waals surface area contributed by atoms with Crippen molar-refractivity contribution < 1.29 is 14.3 Å². The number of H-pyrrole nitrogens is 1. The van der Waals surface area contributed by atoms with Crippen LogP contribution in [0.5, 0.6) is 5.75 Å². The van der Waals surface area contributed by atoms with Crippen molar-refractivity contribution in [2.24, 2.45) is 0 Å². The lowest BCUT2D eigenvalue weighted by atomic mass is 10.2. The number of fused-ring (bicyclic) bond motifs is 1. The van der Waals surface area contributed by atoms with Gasteiger partial charge in [-0.3, -0.25) is 9.89 Å². The van der Waals surface area contributed by atoms with Crippen LogP contribution >= 0.6 is 0 Å². The molecule has 0 aliphatic heterocycles. The van der Waals surface area contributed by atoms with Gasteiger partial charge in [-0.2, -0.15) is 5.10 Å². The van der Waals surface area contributed by atoms with E-state index < -0.39 is 0 Å². The van der Waals surface area contributed by atoms with Crippen molar-refractivity contribution in [1.82, 2.24) is 14.8 Å². The average molecular weight is 404 g/mol. The number of carbonyl (C=O) groups excluding carboxylic acids is 1. The maximum absolute atomic E-state index is 12.2. The van der Waals surface area contributed by atoms with E-state index in [-0.39, 0.29) is 12.5 Å². The summed E-state index contributed by atoms with van der Waals surface area (Å²) in [5.41, 5.74) is 3.90. The van der Waals surface area contributed by atoms with Gasteiger partial charge in [0.2, 0.25) is 0 Å². The number of carbonyl (C=O) groups is 1. The second-order valence-electron chi connectivity index (χ2n) is 6.86. The maximum Gasteiger partial charge on any atom is 0.251 e. The van der Waals surface area contributed by atoms with Crippen LogP contribution in [0.1, 0.15) is 12.5 Å². The molecule has 0 unspecified atom stereocenters. The molecule has 2 N–H and O–H groups in total. The zero-order valence-corrected chi connectivity index (χ0v) is 17.0. The molecule has 0 aliphatic rings. The van der Waals surface area contributed by atoms with Gasteiger partial charge in [-0.15, -0.1) is 0 Å². The normalized spacial score (nSPS) is 11.0. The molecule has 30 heavy (non-hydrogen) atoms. The van der Waals surface area contributed by atoms with Gasteiger partial charge in [0.15, 0.2) is 5.82 Å². The molecule has 2 heterocycles.